The highest BCUT2D eigenvalue weighted by Crippen LogP contribution is 2.33. The van der Waals surface area contributed by atoms with Gasteiger partial charge in [-0.15, -0.1) is 0 Å². The molecule has 1 aromatic rings. The standard InChI is InChI=1S/C18H24N2O2/c1-13-5-3-4-6-14(13)11-19(2)18(22)12-20-15-7-8-16(20)10-17(21)9-15/h3-6,15-16H,7-12H2,1-2H3. The Hall–Kier alpha value is -1.68. The minimum Gasteiger partial charge on any atom is -0.340 e. The maximum atomic E-state index is 12.5. The molecule has 1 amide bonds. The summed E-state index contributed by atoms with van der Waals surface area (Å²) in [5.41, 5.74) is 2.40. The summed E-state index contributed by atoms with van der Waals surface area (Å²) in [4.78, 5) is 28.2. The lowest BCUT2D eigenvalue weighted by Crippen LogP contribution is -2.48. The molecule has 2 aliphatic rings. The summed E-state index contributed by atoms with van der Waals surface area (Å²) in [5.74, 6) is 0.513. The molecular formula is C18H24N2O2. The van der Waals surface area contributed by atoms with Crippen LogP contribution >= 0.6 is 0 Å². The van der Waals surface area contributed by atoms with Gasteiger partial charge in [-0.1, -0.05) is 24.3 Å². The summed E-state index contributed by atoms with van der Waals surface area (Å²) < 4.78 is 0. The molecule has 22 heavy (non-hydrogen) atoms. The van der Waals surface area contributed by atoms with Crippen molar-refractivity contribution in [2.45, 2.75) is 51.2 Å². The fourth-order valence-electron chi connectivity index (χ4n) is 3.73. The maximum Gasteiger partial charge on any atom is 0.236 e. The Labute approximate surface area is 132 Å². The number of hydrogen-bond acceptors (Lipinski definition) is 3. The molecule has 2 aliphatic heterocycles. The Balaban J connectivity index is 1.60. The number of carbonyl (C=O) groups is 2. The van der Waals surface area contributed by atoms with Crippen LogP contribution in [-0.4, -0.2) is 47.2 Å². The van der Waals surface area contributed by atoms with E-state index in [2.05, 4.69) is 24.0 Å². The molecule has 2 saturated heterocycles. The van der Waals surface area contributed by atoms with Gasteiger partial charge >= 0.3 is 0 Å². The van der Waals surface area contributed by atoms with Gasteiger partial charge in [-0.05, 0) is 30.9 Å². The second-order valence-corrected chi connectivity index (χ2v) is 6.68. The third-order valence-corrected chi connectivity index (χ3v) is 5.11. The van der Waals surface area contributed by atoms with Gasteiger partial charge in [0.2, 0.25) is 5.91 Å². The normalized spacial score (nSPS) is 24.5. The zero-order valence-electron chi connectivity index (χ0n) is 13.4. The van der Waals surface area contributed by atoms with E-state index in [1.54, 1.807) is 4.90 Å². The molecule has 0 aromatic heterocycles. The smallest absolute Gasteiger partial charge is 0.236 e. The summed E-state index contributed by atoms with van der Waals surface area (Å²) in [5, 5.41) is 0. The molecule has 0 aliphatic carbocycles. The molecule has 4 heteroatoms. The summed E-state index contributed by atoms with van der Waals surface area (Å²) in [7, 11) is 1.87. The second kappa shape index (κ2) is 6.21. The van der Waals surface area contributed by atoms with E-state index in [1.165, 1.54) is 11.1 Å². The van der Waals surface area contributed by atoms with Gasteiger partial charge in [0.05, 0.1) is 6.54 Å². The van der Waals surface area contributed by atoms with Crippen molar-refractivity contribution >= 4 is 11.7 Å². The molecule has 0 radical (unpaired) electrons. The van der Waals surface area contributed by atoms with Gasteiger partial charge in [-0.3, -0.25) is 14.5 Å². The number of Topliss-reactive ketones (excluding diaryl/α,β-unsaturated/α-hetero) is 1. The van der Waals surface area contributed by atoms with Gasteiger partial charge in [0.25, 0.3) is 0 Å². The highest BCUT2D eigenvalue weighted by atomic mass is 16.2. The molecule has 4 nitrogen and oxygen atoms in total. The quantitative estimate of drug-likeness (QED) is 0.855. The van der Waals surface area contributed by atoms with Gasteiger partial charge in [-0.25, -0.2) is 0 Å². The third kappa shape index (κ3) is 3.07. The van der Waals surface area contributed by atoms with Gasteiger partial charge < -0.3 is 4.90 Å². The molecule has 0 N–H and O–H groups in total. The topological polar surface area (TPSA) is 40.6 Å². The van der Waals surface area contributed by atoms with Crippen molar-refractivity contribution in [1.82, 2.24) is 9.80 Å². The lowest BCUT2D eigenvalue weighted by atomic mass is 10.0. The molecule has 118 valence electrons. The Morgan fingerprint density at radius 3 is 2.50 bits per heavy atom. The second-order valence-electron chi connectivity index (χ2n) is 6.68. The number of benzene rings is 1. The van der Waals surface area contributed by atoms with Crippen molar-refractivity contribution in [3.8, 4) is 0 Å². The first kappa shape index (κ1) is 15.2. The van der Waals surface area contributed by atoms with E-state index in [-0.39, 0.29) is 5.91 Å². The van der Waals surface area contributed by atoms with E-state index in [9.17, 15) is 9.59 Å². The predicted octanol–water partition coefficient (Wildman–Crippen LogP) is 2.15. The van der Waals surface area contributed by atoms with Crippen LogP contribution in [0, 0.1) is 6.92 Å². The number of likely N-dealkylation sites (N-methyl/N-ethyl adjacent to an activating group) is 1. The number of amides is 1. The van der Waals surface area contributed by atoms with E-state index in [1.807, 2.05) is 19.2 Å². The van der Waals surface area contributed by atoms with Crippen LogP contribution in [0.1, 0.15) is 36.8 Å². The average Bonchev–Trinajstić information content (AvgIpc) is 2.72. The van der Waals surface area contributed by atoms with E-state index >= 15 is 0 Å². The lowest BCUT2D eigenvalue weighted by Gasteiger charge is -2.34. The Bertz CT molecular complexity index is 568. The number of aryl methyl sites for hydroxylation is 1. The number of piperidine rings is 1. The molecule has 2 bridgehead atoms. The lowest BCUT2D eigenvalue weighted by molar-refractivity contribution is -0.135. The molecule has 3 rings (SSSR count). The third-order valence-electron chi connectivity index (χ3n) is 5.11. The largest absolute Gasteiger partial charge is 0.340 e. The SMILES string of the molecule is Cc1ccccc1CN(C)C(=O)CN1C2CCC1CC(=O)C2. The first-order valence-electron chi connectivity index (χ1n) is 8.10. The van der Waals surface area contributed by atoms with Crippen LogP contribution < -0.4 is 0 Å². The van der Waals surface area contributed by atoms with Crippen LogP contribution in [0.4, 0.5) is 0 Å². The molecule has 2 unspecified atom stereocenters. The van der Waals surface area contributed by atoms with E-state index in [4.69, 9.17) is 0 Å². The monoisotopic (exact) mass is 300 g/mol. The van der Waals surface area contributed by atoms with E-state index in [0.29, 0.717) is 43.8 Å². The van der Waals surface area contributed by atoms with Crippen LogP contribution in [0.15, 0.2) is 24.3 Å². The van der Waals surface area contributed by atoms with Gasteiger partial charge in [0, 0.05) is 38.5 Å². The van der Waals surface area contributed by atoms with Crippen LogP contribution in [0.2, 0.25) is 0 Å². The fourth-order valence-corrected chi connectivity index (χ4v) is 3.73. The highest BCUT2D eigenvalue weighted by molar-refractivity contribution is 5.82. The van der Waals surface area contributed by atoms with Crippen molar-refractivity contribution in [1.29, 1.82) is 0 Å². The number of ketones is 1. The zero-order chi connectivity index (χ0) is 15.7. The number of fused-ring (bicyclic) bond motifs is 2. The van der Waals surface area contributed by atoms with Crippen LogP contribution in [0.3, 0.4) is 0 Å². The minimum absolute atomic E-state index is 0.148. The summed E-state index contributed by atoms with van der Waals surface area (Å²) >= 11 is 0. The van der Waals surface area contributed by atoms with Crippen LogP contribution in [0.5, 0.6) is 0 Å². The van der Waals surface area contributed by atoms with Crippen molar-refractivity contribution in [3.63, 3.8) is 0 Å². The maximum absolute atomic E-state index is 12.5. The van der Waals surface area contributed by atoms with Crippen LogP contribution in [-0.2, 0) is 16.1 Å². The van der Waals surface area contributed by atoms with Gasteiger partial charge in [0.1, 0.15) is 5.78 Å². The van der Waals surface area contributed by atoms with Crippen LogP contribution in [0.25, 0.3) is 0 Å². The van der Waals surface area contributed by atoms with Crippen molar-refractivity contribution < 1.29 is 9.59 Å². The number of rotatable bonds is 4. The summed E-state index contributed by atoms with van der Waals surface area (Å²) in [6, 6.07) is 8.76. The molecule has 0 spiro atoms. The fraction of sp³-hybridized carbons (Fsp3) is 0.556. The van der Waals surface area contributed by atoms with Gasteiger partial charge in [0.15, 0.2) is 0 Å². The molecule has 2 fully saturated rings. The number of nitrogens with zero attached hydrogens (tertiary/aromatic N) is 2. The van der Waals surface area contributed by atoms with Gasteiger partial charge in [-0.2, -0.15) is 0 Å². The summed E-state index contributed by atoms with van der Waals surface area (Å²) in [6.45, 7) is 3.17. The first-order valence-corrected chi connectivity index (χ1v) is 8.10. The van der Waals surface area contributed by atoms with Crippen molar-refractivity contribution in [2.75, 3.05) is 13.6 Å². The van der Waals surface area contributed by atoms with Crippen molar-refractivity contribution in [2.24, 2.45) is 0 Å². The Morgan fingerprint density at radius 1 is 1.23 bits per heavy atom. The molecule has 2 heterocycles. The van der Waals surface area contributed by atoms with E-state index in [0.717, 1.165) is 12.8 Å². The average molecular weight is 300 g/mol. The van der Waals surface area contributed by atoms with E-state index < -0.39 is 0 Å². The van der Waals surface area contributed by atoms with Crippen molar-refractivity contribution in [3.05, 3.63) is 35.4 Å². The predicted molar refractivity (Wildman–Crippen MR) is 85.4 cm³/mol. The molecular weight excluding hydrogens is 276 g/mol. The first-order chi connectivity index (χ1) is 10.5. The Kier molecular flexibility index (Phi) is 4.30. The molecule has 0 saturated carbocycles. The Morgan fingerprint density at radius 2 is 1.86 bits per heavy atom. The molecule has 2 atom stereocenters. The molecule has 1 aromatic carbocycles. The zero-order valence-corrected chi connectivity index (χ0v) is 13.4. The number of carbonyl (C=O) groups excluding carboxylic acids is 2. The minimum atomic E-state index is 0.148. The number of hydrogen-bond donors (Lipinski definition) is 0. The highest BCUT2D eigenvalue weighted by Gasteiger charge is 2.40. The summed E-state index contributed by atoms with van der Waals surface area (Å²) in [6.07, 6.45) is 3.38.